The minimum absolute atomic E-state index is 0.275. The van der Waals surface area contributed by atoms with Crippen LogP contribution in [0.2, 0.25) is 0 Å². The quantitative estimate of drug-likeness (QED) is 0.350. The second-order valence-corrected chi connectivity index (χ2v) is 8.61. The molecule has 172 valence electrons. The van der Waals surface area contributed by atoms with E-state index in [-0.39, 0.29) is 5.95 Å². The largest absolute Gasteiger partial charge is 0.496 e. The number of H-pyrrole nitrogens is 1. The number of aromatic nitrogens is 7. The van der Waals surface area contributed by atoms with Crippen molar-refractivity contribution in [3.63, 3.8) is 0 Å². The predicted molar refractivity (Wildman–Crippen MR) is 126 cm³/mol. The molecule has 0 aliphatic carbocycles. The Hall–Kier alpha value is -2.95. The zero-order valence-electron chi connectivity index (χ0n) is 19.1. The highest BCUT2D eigenvalue weighted by Gasteiger charge is 2.19. The summed E-state index contributed by atoms with van der Waals surface area (Å²) in [6, 6.07) is 6.12. The van der Waals surface area contributed by atoms with E-state index in [1.807, 2.05) is 36.9 Å². The van der Waals surface area contributed by atoms with Gasteiger partial charge in [-0.25, -0.2) is 4.98 Å². The first-order chi connectivity index (χ1) is 15.5. The van der Waals surface area contributed by atoms with E-state index in [4.69, 9.17) is 10.5 Å². The molecule has 2 aromatic heterocycles. The highest BCUT2D eigenvalue weighted by molar-refractivity contribution is 7.98. The Labute approximate surface area is 192 Å². The van der Waals surface area contributed by atoms with Crippen molar-refractivity contribution in [3.8, 4) is 11.4 Å². The molecule has 1 atom stereocenters. The first-order valence-corrected chi connectivity index (χ1v) is 12.2. The molecule has 0 bridgehead atoms. The number of aromatic amines is 1. The Bertz CT molecular complexity index is 989. The minimum atomic E-state index is 0.275. The van der Waals surface area contributed by atoms with Crippen LogP contribution in [0.25, 0.3) is 5.69 Å². The highest BCUT2D eigenvalue weighted by atomic mass is 32.2. The molecule has 4 N–H and O–H groups in total. The van der Waals surface area contributed by atoms with E-state index in [9.17, 15) is 0 Å². The summed E-state index contributed by atoms with van der Waals surface area (Å²) in [5, 5.41) is 17.6. The molecule has 0 saturated carbocycles. The van der Waals surface area contributed by atoms with Gasteiger partial charge in [-0.2, -0.15) is 16.7 Å². The van der Waals surface area contributed by atoms with Crippen LogP contribution in [0.1, 0.15) is 49.4 Å². The lowest BCUT2D eigenvalue weighted by Gasteiger charge is -2.22. The molecule has 3 rings (SSSR count). The van der Waals surface area contributed by atoms with Gasteiger partial charge in [0.25, 0.3) is 0 Å². The molecule has 10 nitrogen and oxygen atoms in total. The van der Waals surface area contributed by atoms with Gasteiger partial charge in [0.15, 0.2) is 5.69 Å². The third kappa shape index (κ3) is 6.06. The summed E-state index contributed by atoms with van der Waals surface area (Å²) in [4.78, 5) is 10.5. The number of nitrogens with two attached hydrogens (primary N) is 1. The molecular weight excluding hydrogens is 426 g/mol. The Kier molecular flexibility index (Phi) is 8.60. The Morgan fingerprint density at radius 2 is 2.12 bits per heavy atom. The lowest BCUT2D eigenvalue weighted by molar-refractivity contribution is -0.719. The number of anilines is 2. The van der Waals surface area contributed by atoms with Crippen molar-refractivity contribution in [2.75, 3.05) is 30.2 Å². The topological polar surface area (TPSA) is 131 Å². The van der Waals surface area contributed by atoms with Crippen LogP contribution in [0.5, 0.6) is 5.75 Å². The van der Waals surface area contributed by atoms with Crippen molar-refractivity contribution in [2.24, 2.45) is 0 Å². The summed E-state index contributed by atoms with van der Waals surface area (Å²) >= 11 is 1.86. The molecule has 2 heterocycles. The number of hydrogen-bond acceptors (Lipinski definition) is 9. The number of nitrogens with one attached hydrogen (secondary N) is 2. The van der Waals surface area contributed by atoms with E-state index in [0.29, 0.717) is 12.5 Å². The van der Waals surface area contributed by atoms with Crippen LogP contribution in [0, 0.1) is 6.92 Å². The predicted octanol–water partition coefficient (Wildman–Crippen LogP) is 2.48. The van der Waals surface area contributed by atoms with Crippen LogP contribution in [-0.4, -0.2) is 56.0 Å². The van der Waals surface area contributed by atoms with Gasteiger partial charge in [0.05, 0.1) is 7.11 Å². The lowest BCUT2D eigenvalue weighted by atomic mass is 10.0. The number of nitrogen functional groups attached to an aromatic ring is 1. The Morgan fingerprint density at radius 3 is 2.81 bits per heavy atom. The van der Waals surface area contributed by atoms with Crippen LogP contribution >= 0.6 is 11.8 Å². The van der Waals surface area contributed by atoms with Crippen molar-refractivity contribution in [3.05, 3.63) is 35.0 Å². The van der Waals surface area contributed by atoms with Crippen LogP contribution in [0.15, 0.2) is 18.2 Å². The van der Waals surface area contributed by atoms with Gasteiger partial charge in [-0.1, -0.05) is 19.8 Å². The fraction of sp³-hybridized carbons (Fsp3) is 0.524. The van der Waals surface area contributed by atoms with E-state index in [1.54, 1.807) is 7.11 Å². The summed E-state index contributed by atoms with van der Waals surface area (Å²) in [6.45, 7) is 4.18. The summed E-state index contributed by atoms with van der Waals surface area (Å²) in [5.41, 5.74) is 9.65. The van der Waals surface area contributed by atoms with Crippen LogP contribution < -0.4 is 20.6 Å². The number of methoxy groups -OCH3 is 1. The summed E-state index contributed by atoms with van der Waals surface area (Å²) in [7, 11) is 1.66. The lowest BCUT2D eigenvalue weighted by Crippen LogP contribution is -2.36. The van der Waals surface area contributed by atoms with E-state index >= 15 is 0 Å². The second kappa shape index (κ2) is 11.6. The number of unbranched alkanes of at least 4 members (excludes halogenated alkanes) is 1. The molecule has 0 saturated heterocycles. The van der Waals surface area contributed by atoms with Crippen molar-refractivity contribution in [1.82, 2.24) is 30.8 Å². The number of thioether (sulfide) groups is 1. The maximum Gasteiger partial charge on any atom is 0.231 e. The molecule has 1 aromatic carbocycles. The zero-order chi connectivity index (χ0) is 22.9. The van der Waals surface area contributed by atoms with Gasteiger partial charge in [0.2, 0.25) is 16.4 Å². The number of nitrogens with zero attached hydrogens (tertiary/aromatic N) is 6. The first-order valence-electron chi connectivity index (χ1n) is 10.8. The third-order valence-electron chi connectivity index (χ3n) is 5.34. The monoisotopic (exact) mass is 458 g/mol. The highest BCUT2D eigenvalue weighted by Crippen LogP contribution is 2.28. The second-order valence-electron chi connectivity index (χ2n) is 7.62. The maximum atomic E-state index is 6.02. The summed E-state index contributed by atoms with van der Waals surface area (Å²) in [6.07, 6.45) is 7.20. The average molecular weight is 459 g/mol. The summed E-state index contributed by atoms with van der Waals surface area (Å²) in [5.74, 6) is 2.93. The Balaban J connectivity index is 1.95. The molecule has 3 aromatic rings. The van der Waals surface area contributed by atoms with Gasteiger partial charge in [0.1, 0.15) is 16.8 Å². The molecule has 0 amide bonds. The van der Waals surface area contributed by atoms with Gasteiger partial charge >= 0.3 is 0 Å². The van der Waals surface area contributed by atoms with E-state index in [1.165, 1.54) is 11.2 Å². The van der Waals surface area contributed by atoms with Crippen molar-refractivity contribution < 1.29 is 9.53 Å². The normalized spacial score (nSPS) is 12.0. The summed E-state index contributed by atoms with van der Waals surface area (Å²) < 4.78 is 5.62. The minimum Gasteiger partial charge on any atom is -0.496 e. The van der Waals surface area contributed by atoms with Crippen molar-refractivity contribution in [1.29, 1.82) is 0 Å². The molecule has 0 aliphatic heterocycles. The van der Waals surface area contributed by atoms with Crippen LogP contribution in [-0.2, 0) is 6.42 Å². The first kappa shape index (κ1) is 23.7. The number of ether oxygens (including phenoxy) is 1. The molecule has 0 fully saturated rings. The number of aryl methyl sites for hydroxylation is 1. The van der Waals surface area contributed by atoms with Crippen LogP contribution in [0.3, 0.4) is 0 Å². The van der Waals surface area contributed by atoms with E-state index < -0.39 is 0 Å². The molecule has 0 radical (unpaired) electrons. The fourth-order valence-electron chi connectivity index (χ4n) is 3.62. The van der Waals surface area contributed by atoms with Crippen molar-refractivity contribution >= 4 is 23.5 Å². The van der Waals surface area contributed by atoms with Gasteiger partial charge in [-0.15, -0.1) is 0 Å². The van der Waals surface area contributed by atoms with Gasteiger partial charge in [-0.3, -0.25) is 0 Å². The van der Waals surface area contributed by atoms with E-state index in [2.05, 4.69) is 49.3 Å². The van der Waals surface area contributed by atoms with Crippen molar-refractivity contribution in [2.45, 2.75) is 52.0 Å². The number of rotatable bonds is 12. The average Bonchev–Trinajstić information content (AvgIpc) is 3.32. The molecule has 0 spiro atoms. The molecule has 0 aliphatic rings. The van der Waals surface area contributed by atoms with Gasteiger partial charge in [-0.05, 0) is 60.0 Å². The molecular formula is C21H32N9OS+. The zero-order valence-corrected chi connectivity index (χ0v) is 19.9. The SMILES string of the molecule is CCCC[C@@H](CCSC)Nc1nc(N)nc(C)c1Cc1cc(-[n+]2nnn[nH]2)ccc1OC. The number of hydrogen-bond donors (Lipinski definition) is 3. The smallest absolute Gasteiger partial charge is 0.231 e. The van der Waals surface area contributed by atoms with E-state index in [0.717, 1.165) is 59.1 Å². The Morgan fingerprint density at radius 1 is 1.28 bits per heavy atom. The fourth-order valence-corrected chi connectivity index (χ4v) is 4.14. The third-order valence-corrected chi connectivity index (χ3v) is 5.98. The van der Waals surface area contributed by atoms with Crippen LogP contribution in [0.4, 0.5) is 11.8 Å². The van der Waals surface area contributed by atoms with Gasteiger partial charge in [0, 0.05) is 29.3 Å². The molecule has 0 unspecified atom stereocenters. The molecule has 32 heavy (non-hydrogen) atoms. The maximum absolute atomic E-state index is 6.02. The number of benzene rings is 1. The van der Waals surface area contributed by atoms with Gasteiger partial charge < -0.3 is 15.8 Å². The standard InChI is InChI=1S/C21H31N9OS/c1-5-6-7-16(10-11-32-4)24-20-18(14(2)23-21(22)25-20)13-15-12-17(8-9-19(15)31-3)30-28-26-27-29-30/h8-9,12,16H,5-7,10-11,13H2,1-4H3,(H3,22,23,24,25)/p+1/t16-/m0/s1. The molecule has 11 heteroatoms.